The summed E-state index contributed by atoms with van der Waals surface area (Å²) in [5, 5.41) is 14.8. The lowest BCUT2D eigenvalue weighted by Crippen LogP contribution is -2.03. The van der Waals surface area contributed by atoms with Gasteiger partial charge in [0.1, 0.15) is 11.5 Å². The van der Waals surface area contributed by atoms with Gasteiger partial charge in [0.05, 0.1) is 12.7 Å². The smallest absolute Gasteiger partial charge is 0.314 e. The van der Waals surface area contributed by atoms with Gasteiger partial charge in [0.15, 0.2) is 0 Å². The van der Waals surface area contributed by atoms with Crippen LogP contribution >= 0.6 is 0 Å². The van der Waals surface area contributed by atoms with E-state index in [4.69, 9.17) is 10.2 Å². The van der Waals surface area contributed by atoms with Crippen LogP contribution in [0.5, 0.6) is 0 Å². The van der Waals surface area contributed by atoms with Crippen LogP contribution in [0.2, 0.25) is 0 Å². The molecule has 0 fully saturated rings. The Morgan fingerprint density at radius 3 is 2.61 bits per heavy atom. The lowest BCUT2D eigenvalue weighted by molar-refractivity contribution is 0.116. The van der Waals surface area contributed by atoms with Crippen molar-refractivity contribution in [3.8, 4) is 22.7 Å². The van der Waals surface area contributed by atoms with Crippen molar-refractivity contribution in [3.63, 3.8) is 0 Å². The van der Waals surface area contributed by atoms with Crippen LogP contribution in [0.1, 0.15) is 17.9 Å². The molecule has 0 radical (unpaired) electrons. The van der Waals surface area contributed by atoms with E-state index in [9.17, 15) is 13.2 Å². The summed E-state index contributed by atoms with van der Waals surface area (Å²) >= 11 is 0. The van der Waals surface area contributed by atoms with Gasteiger partial charge in [-0.25, -0.2) is 9.07 Å². The molecule has 0 aliphatic heterocycles. The first-order valence-corrected chi connectivity index (χ1v) is 8.16. The van der Waals surface area contributed by atoms with Crippen molar-refractivity contribution in [2.24, 2.45) is 0 Å². The Balaban J connectivity index is 1.54. The molecular formula is C18H13F3N6O. The quantitative estimate of drug-likeness (QED) is 0.526. The summed E-state index contributed by atoms with van der Waals surface area (Å²) in [6.45, 7) is 0.132. The van der Waals surface area contributed by atoms with Gasteiger partial charge in [-0.05, 0) is 24.3 Å². The van der Waals surface area contributed by atoms with Gasteiger partial charge in [-0.2, -0.15) is 8.78 Å². The number of hydrogen-bond acceptors (Lipinski definition) is 6. The van der Waals surface area contributed by atoms with Crippen molar-refractivity contribution in [2.75, 3.05) is 5.73 Å². The first-order valence-electron chi connectivity index (χ1n) is 8.16. The molecule has 0 unspecified atom stereocenters. The molecule has 2 aromatic carbocycles. The van der Waals surface area contributed by atoms with Crippen molar-refractivity contribution in [1.29, 1.82) is 0 Å². The summed E-state index contributed by atoms with van der Waals surface area (Å²) in [5.41, 5.74) is 8.31. The molecule has 4 aromatic rings. The molecule has 28 heavy (non-hydrogen) atoms. The van der Waals surface area contributed by atoms with Crippen molar-refractivity contribution in [2.45, 2.75) is 13.0 Å². The third kappa shape index (κ3) is 3.56. The van der Waals surface area contributed by atoms with Gasteiger partial charge < -0.3 is 10.2 Å². The Morgan fingerprint density at radius 1 is 1.04 bits per heavy atom. The van der Waals surface area contributed by atoms with Gasteiger partial charge in [-0.15, -0.1) is 15.3 Å². The highest BCUT2D eigenvalue weighted by Gasteiger charge is 2.18. The molecule has 0 spiro atoms. The topological polar surface area (TPSA) is 95.7 Å². The fraction of sp³-hybridized carbons (Fsp3) is 0.111. The van der Waals surface area contributed by atoms with Crippen LogP contribution in [0, 0.1) is 5.82 Å². The molecule has 0 saturated heterocycles. The minimum atomic E-state index is -2.88. The number of alkyl halides is 2. The molecule has 2 aromatic heterocycles. The van der Waals surface area contributed by atoms with E-state index < -0.39 is 18.1 Å². The fourth-order valence-corrected chi connectivity index (χ4v) is 2.63. The van der Waals surface area contributed by atoms with Crippen LogP contribution in [-0.4, -0.2) is 25.2 Å². The minimum absolute atomic E-state index is 0.132. The largest absolute Gasteiger partial charge is 0.415 e. The molecule has 0 amide bonds. The Kier molecular flexibility index (Phi) is 4.52. The van der Waals surface area contributed by atoms with Gasteiger partial charge in [-0.1, -0.05) is 23.4 Å². The molecule has 0 aliphatic carbocycles. The molecule has 0 bridgehead atoms. The molecule has 4 rings (SSSR count). The van der Waals surface area contributed by atoms with Crippen molar-refractivity contribution in [1.82, 2.24) is 25.2 Å². The predicted molar refractivity (Wildman–Crippen MR) is 93.6 cm³/mol. The Hall–Kier alpha value is -3.69. The van der Waals surface area contributed by atoms with Crippen molar-refractivity contribution < 1.29 is 17.6 Å². The van der Waals surface area contributed by atoms with Gasteiger partial charge >= 0.3 is 6.43 Å². The second-order valence-electron chi connectivity index (χ2n) is 5.98. The zero-order chi connectivity index (χ0) is 19.7. The third-order valence-electron chi connectivity index (χ3n) is 3.98. The van der Waals surface area contributed by atoms with Gasteiger partial charge in [0.25, 0.3) is 5.89 Å². The summed E-state index contributed by atoms with van der Waals surface area (Å²) < 4.78 is 45.8. The summed E-state index contributed by atoms with van der Waals surface area (Å²) in [5.74, 6) is -1.54. The van der Waals surface area contributed by atoms with E-state index >= 15 is 0 Å². The molecule has 2 N–H and O–H groups in total. The monoisotopic (exact) mass is 386 g/mol. The van der Waals surface area contributed by atoms with Crippen LogP contribution in [0.25, 0.3) is 22.7 Å². The van der Waals surface area contributed by atoms with Gasteiger partial charge in [0.2, 0.25) is 5.89 Å². The number of aromatic nitrogens is 5. The fourth-order valence-electron chi connectivity index (χ4n) is 2.63. The highest BCUT2D eigenvalue weighted by atomic mass is 19.3. The number of hydrogen-bond donors (Lipinski definition) is 1. The third-order valence-corrected chi connectivity index (χ3v) is 3.98. The van der Waals surface area contributed by atoms with Crippen LogP contribution in [0.3, 0.4) is 0 Å². The Bertz CT molecular complexity index is 1120. The predicted octanol–water partition coefficient (Wildman–Crippen LogP) is 3.70. The number of nitrogens with two attached hydrogens (primary N) is 1. The summed E-state index contributed by atoms with van der Waals surface area (Å²) in [7, 11) is 0. The van der Waals surface area contributed by atoms with E-state index in [0.717, 1.165) is 11.6 Å². The molecule has 0 atom stereocenters. The highest BCUT2D eigenvalue weighted by molar-refractivity contribution is 5.62. The Morgan fingerprint density at radius 2 is 1.89 bits per heavy atom. The molecule has 7 nitrogen and oxygen atoms in total. The molecular weight excluding hydrogens is 373 g/mol. The lowest BCUT2D eigenvalue weighted by atomic mass is 10.1. The zero-order valence-electron chi connectivity index (χ0n) is 14.3. The maximum atomic E-state index is 14.5. The number of anilines is 1. The number of benzene rings is 2. The van der Waals surface area contributed by atoms with Crippen molar-refractivity contribution in [3.05, 3.63) is 65.9 Å². The number of nitrogen functional groups attached to an aromatic ring is 1. The second-order valence-corrected chi connectivity index (χ2v) is 5.98. The first kappa shape index (κ1) is 17.7. The molecule has 0 saturated carbocycles. The van der Waals surface area contributed by atoms with E-state index in [1.807, 2.05) is 6.07 Å². The average molecular weight is 386 g/mol. The summed E-state index contributed by atoms with van der Waals surface area (Å²) in [6, 6.07) is 11.3. The normalized spacial score (nSPS) is 11.3. The van der Waals surface area contributed by atoms with E-state index in [0.29, 0.717) is 16.9 Å². The standard InChI is InChI=1S/C18H13F3N6O/c19-14-7-11(17-24-25-18(28-17)16(20)21)4-5-12(14)8-27-9-15(23-26-27)10-2-1-3-13(22)6-10/h1-7,9,16H,8,22H2. The van der Waals surface area contributed by atoms with Gasteiger partial charge in [-0.3, -0.25) is 0 Å². The second kappa shape index (κ2) is 7.14. The number of rotatable bonds is 5. The molecule has 0 aliphatic rings. The maximum absolute atomic E-state index is 14.5. The highest BCUT2D eigenvalue weighted by Crippen LogP contribution is 2.25. The van der Waals surface area contributed by atoms with Crippen LogP contribution in [0.15, 0.2) is 53.1 Å². The molecule has 2 heterocycles. The SMILES string of the molecule is Nc1cccc(-c2cn(Cc3ccc(-c4nnc(C(F)F)o4)cc3F)nn2)c1. The van der Waals surface area contributed by atoms with E-state index in [-0.39, 0.29) is 18.0 Å². The average Bonchev–Trinajstić information content (AvgIpc) is 3.33. The van der Waals surface area contributed by atoms with E-state index in [1.54, 1.807) is 24.4 Å². The summed E-state index contributed by atoms with van der Waals surface area (Å²) in [6.07, 6.45) is -1.21. The molecule has 142 valence electrons. The number of halogens is 3. The van der Waals surface area contributed by atoms with Crippen molar-refractivity contribution >= 4 is 5.69 Å². The van der Waals surface area contributed by atoms with E-state index in [2.05, 4.69) is 20.5 Å². The van der Waals surface area contributed by atoms with Crippen LogP contribution < -0.4 is 5.73 Å². The van der Waals surface area contributed by atoms with E-state index in [1.165, 1.54) is 16.8 Å². The van der Waals surface area contributed by atoms with Crippen LogP contribution in [-0.2, 0) is 6.54 Å². The zero-order valence-corrected chi connectivity index (χ0v) is 14.3. The van der Waals surface area contributed by atoms with Gasteiger partial charge in [0, 0.05) is 22.4 Å². The summed E-state index contributed by atoms with van der Waals surface area (Å²) in [4.78, 5) is 0. The Labute approximate surface area is 156 Å². The first-order chi connectivity index (χ1) is 13.5. The van der Waals surface area contributed by atoms with Crippen LogP contribution in [0.4, 0.5) is 18.9 Å². The molecule has 10 heteroatoms. The maximum Gasteiger partial charge on any atom is 0.314 e. The number of nitrogens with zero attached hydrogens (tertiary/aromatic N) is 5. The minimum Gasteiger partial charge on any atom is -0.415 e. The lowest BCUT2D eigenvalue weighted by Gasteiger charge is -2.04.